The molecule has 4 nitrogen and oxygen atoms in total. The number of methoxy groups -OCH3 is 1. The summed E-state index contributed by atoms with van der Waals surface area (Å²) in [4.78, 5) is 16.1. The van der Waals surface area contributed by atoms with Crippen molar-refractivity contribution in [3.8, 4) is 5.75 Å². The predicted octanol–water partition coefficient (Wildman–Crippen LogP) is 2.65. The molecule has 2 aromatic rings. The number of anilines is 1. The first-order valence-electron chi connectivity index (χ1n) is 5.58. The van der Waals surface area contributed by atoms with E-state index < -0.39 is 0 Å². The number of ether oxygens (including phenoxy) is 1. The zero-order valence-electron chi connectivity index (χ0n) is 10.3. The van der Waals surface area contributed by atoms with Crippen molar-refractivity contribution < 1.29 is 9.53 Å². The third-order valence-corrected chi connectivity index (χ3v) is 2.50. The Morgan fingerprint density at radius 1 is 1.28 bits per heavy atom. The zero-order valence-corrected chi connectivity index (χ0v) is 10.3. The number of carbonyl (C=O) groups excluding carboxylic acids is 1. The number of benzene rings is 1. The average Bonchev–Trinajstić information content (AvgIpc) is 2.39. The lowest BCUT2D eigenvalue weighted by Gasteiger charge is -2.08. The van der Waals surface area contributed by atoms with E-state index in [4.69, 9.17) is 4.74 Å². The molecule has 0 saturated heterocycles. The molecule has 2 rings (SSSR count). The molecular formula is C14H14N2O2. The van der Waals surface area contributed by atoms with E-state index in [1.807, 2.05) is 25.1 Å². The molecule has 0 aliphatic heterocycles. The maximum atomic E-state index is 12.0. The highest BCUT2D eigenvalue weighted by molar-refractivity contribution is 6.04. The molecular weight excluding hydrogens is 228 g/mol. The minimum absolute atomic E-state index is 0.198. The Morgan fingerprint density at radius 3 is 2.83 bits per heavy atom. The summed E-state index contributed by atoms with van der Waals surface area (Å²) in [5, 5.41) is 2.73. The molecule has 92 valence electrons. The highest BCUT2D eigenvalue weighted by Crippen LogP contribution is 2.20. The van der Waals surface area contributed by atoms with E-state index in [9.17, 15) is 4.79 Å². The molecule has 1 heterocycles. The van der Waals surface area contributed by atoms with Crippen LogP contribution in [0, 0.1) is 6.92 Å². The zero-order chi connectivity index (χ0) is 13.0. The number of rotatable bonds is 3. The summed E-state index contributed by atoms with van der Waals surface area (Å²) in [5.74, 6) is 0.765. The van der Waals surface area contributed by atoms with Crippen molar-refractivity contribution in [1.29, 1.82) is 0 Å². The minimum Gasteiger partial charge on any atom is -0.493 e. The fourth-order valence-corrected chi connectivity index (χ4v) is 1.62. The molecule has 4 heteroatoms. The average molecular weight is 242 g/mol. The van der Waals surface area contributed by atoms with Gasteiger partial charge in [0, 0.05) is 11.8 Å². The second-order valence-corrected chi connectivity index (χ2v) is 3.88. The van der Waals surface area contributed by atoms with E-state index in [0.29, 0.717) is 17.1 Å². The van der Waals surface area contributed by atoms with Crippen LogP contribution in [0.15, 0.2) is 42.6 Å². The lowest BCUT2D eigenvalue weighted by molar-refractivity contribution is 0.102. The third-order valence-electron chi connectivity index (χ3n) is 2.50. The monoisotopic (exact) mass is 242 g/mol. The molecule has 0 saturated carbocycles. The van der Waals surface area contributed by atoms with Gasteiger partial charge in [-0.05, 0) is 31.2 Å². The topological polar surface area (TPSA) is 51.2 Å². The molecule has 1 amide bonds. The smallest absolute Gasteiger partial charge is 0.256 e. The first-order valence-corrected chi connectivity index (χ1v) is 5.58. The van der Waals surface area contributed by atoms with E-state index in [0.717, 1.165) is 5.56 Å². The van der Waals surface area contributed by atoms with Crippen LogP contribution in [0.5, 0.6) is 5.75 Å². The number of hydrogen-bond donors (Lipinski definition) is 1. The molecule has 0 fully saturated rings. The number of nitrogens with one attached hydrogen (secondary N) is 1. The van der Waals surface area contributed by atoms with Crippen molar-refractivity contribution >= 4 is 11.7 Å². The van der Waals surface area contributed by atoms with Crippen LogP contribution in [0.2, 0.25) is 0 Å². The van der Waals surface area contributed by atoms with Gasteiger partial charge in [-0.15, -0.1) is 0 Å². The van der Waals surface area contributed by atoms with Crippen molar-refractivity contribution in [3.63, 3.8) is 0 Å². The molecule has 18 heavy (non-hydrogen) atoms. The maximum absolute atomic E-state index is 12.0. The first kappa shape index (κ1) is 12.1. The number of pyridine rings is 1. The quantitative estimate of drug-likeness (QED) is 0.900. The van der Waals surface area contributed by atoms with Crippen LogP contribution >= 0.6 is 0 Å². The van der Waals surface area contributed by atoms with Gasteiger partial charge in [0.1, 0.15) is 0 Å². The van der Waals surface area contributed by atoms with Gasteiger partial charge in [0.05, 0.1) is 7.11 Å². The molecule has 0 unspecified atom stereocenters. The van der Waals surface area contributed by atoms with E-state index >= 15 is 0 Å². The summed E-state index contributed by atoms with van der Waals surface area (Å²) in [6.45, 7) is 1.94. The van der Waals surface area contributed by atoms with Gasteiger partial charge in [-0.3, -0.25) is 4.79 Å². The number of nitrogens with zero attached hydrogens (tertiary/aromatic N) is 1. The summed E-state index contributed by atoms with van der Waals surface area (Å²) in [5.41, 5.74) is 1.64. The Morgan fingerprint density at radius 2 is 2.11 bits per heavy atom. The van der Waals surface area contributed by atoms with Crippen LogP contribution < -0.4 is 10.1 Å². The van der Waals surface area contributed by atoms with Gasteiger partial charge in [-0.25, -0.2) is 4.98 Å². The Balaban J connectivity index is 2.21. The van der Waals surface area contributed by atoms with E-state index in [1.54, 1.807) is 31.5 Å². The number of aryl methyl sites for hydroxylation is 1. The molecule has 0 atom stereocenters. The Labute approximate surface area is 106 Å². The van der Waals surface area contributed by atoms with Gasteiger partial charge >= 0.3 is 0 Å². The second kappa shape index (κ2) is 5.31. The molecule has 0 spiro atoms. The SMILES string of the molecule is COc1cccnc1NC(=O)c1cccc(C)c1. The largest absolute Gasteiger partial charge is 0.493 e. The van der Waals surface area contributed by atoms with Crippen LogP contribution in [-0.2, 0) is 0 Å². The van der Waals surface area contributed by atoms with Gasteiger partial charge in [-0.1, -0.05) is 17.7 Å². The summed E-state index contributed by atoms with van der Waals surface area (Å²) in [6.07, 6.45) is 1.61. The van der Waals surface area contributed by atoms with Crippen molar-refractivity contribution in [3.05, 3.63) is 53.7 Å². The van der Waals surface area contributed by atoms with Crippen molar-refractivity contribution in [2.24, 2.45) is 0 Å². The van der Waals surface area contributed by atoms with Crippen LogP contribution in [0.1, 0.15) is 15.9 Å². The maximum Gasteiger partial charge on any atom is 0.256 e. The number of hydrogen-bond acceptors (Lipinski definition) is 3. The summed E-state index contributed by atoms with van der Waals surface area (Å²) in [6, 6.07) is 10.9. The van der Waals surface area contributed by atoms with Crippen LogP contribution in [0.3, 0.4) is 0 Å². The molecule has 1 aromatic heterocycles. The van der Waals surface area contributed by atoms with Crippen LogP contribution in [-0.4, -0.2) is 18.0 Å². The highest BCUT2D eigenvalue weighted by atomic mass is 16.5. The molecule has 0 aliphatic rings. The minimum atomic E-state index is -0.198. The number of amides is 1. The molecule has 0 radical (unpaired) electrons. The summed E-state index contributed by atoms with van der Waals surface area (Å²) < 4.78 is 5.13. The van der Waals surface area contributed by atoms with E-state index in [1.165, 1.54) is 0 Å². The molecule has 1 N–H and O–H groups in total. The Kier molecular flexibility index (Phi) is 3.57. The molecule has 0 bridgehead atoms. The predicted molar refractivity (Wildman–Crippen MR) is 69.9 cm³/mol. The lowest BCUT2D eigenvalue weighted by Crippen LogP contribution is -2.13. The fraction of sp³-hybridized carbons (Fsp3) is 0.143. The van der Waals surface area contributed by atoms with Crippen molar-refractivity contribution in [2.75, 3.05) is 12.4 Å². The second-order valence-electron chi connectivity index (χ2n) is 3.88. The standard InChI is InChI=1S/C14H14N2O2/c1-10-5-3-6-11(9-10)14(17)16-13-12(18-2)7-4-8-15-13/h3-9H,1-2H3,(H,15,16,17). The van der Waals surface area contributed by atoms with Crippen molar-refractivity contribution in [1.82, 2.24) is 4.98 Å². The highest BCUT2D eigenvalue weighted by Gasteiger charge is 2.10. The van der Waals surface area contributed by atoms with E-state index in [2.05, 4.69) is 10.3 Å². The van der Waals surface area contributed by atoms with Crippen LogP contribution in [0.25, 0.3) is 0 Å². The van der Waals surface area contributed by atoms with Crippen LogP contribution in [0.4, 0.5) is 5.82 Å². The number of aromatic nitrogens is 1. The third kappa shape index (κ3) is 2.66. The molecule has 0 aliphatic carbocycles. The summed E-state index contributed by atoms with van der Waals surface area (Å²) in [7, 11) is 1.54. The number of carbonyl (C=O) groups is 1. The van der Waals surface area contributed by atoms with Gasteiger partial charge in [0.25, 0.3) is 5.91 Å². The molecule has 1 aromatic carbocycles. The lowest BCUT2D eigenvalue weighted by atomic mass is 10.1. The Hall–Kier alpha value is -2.36. The van der Waals surface area contributed by atoms with Gasteiger partial charge in [-0.2, -0.15) is 0 Å². The summed E-state index contributed by atoms with van der Waals surface area (Å²) >= 11 is 0. The normalized spacial score (nSPS) is 9.89. The fourth-order valence-electron chi connectivity index (χ4n) is 1.62. The van der Waals surface area contributed by atoms with Gasteiger partial charge in [0.15, 0.2) is 11.6 Å². The van der Waals surface area contributed by atoms with Crippen molar-refractivity contribution in [2.45, 2.75) is 6.92 Å². The van der Waals surface area contributed by atoms with Gasteiger partial charge < -0.3 is 10.1 Å². The Bertz CT molecular complexity index is 567. The first-order chi connectivity index (χ1) is 8.70. The van der Waals surface area contributed by atoms with Gasteiger partial charge in [0.2, 0.25) is 0 Å². The van der Waals surface area contributed by atoms with E-state index in [-0.39, 0.29) is 5.91 Å².